The zero-order valence-electron chi connectivity index (χ0n) is 10.8. The van der Waals surface area contributed by atoms with Gasteiger partial charge in [-0.25, -0.2) is 0 Å². The Morgan fingerprint density at radius 2 is 1.94 bits per heavy atom. The van der Waals surface area contributed by atoms with Gasteiger partial charge >= 0.3 is 5.97 Å². The summed E-state index contributed by atoms with van der Waals surface area (Å²) in [7, 11) is 0. The van der Waals surface area contributed by atoms with Crippen molar-refractivity contribution in [2.75, 3.05) is 6.54 Å². The van der Waals surface area contributed by atoms with Crippen molar-refractivity contribution >= 4 is 36.6 Å². The predicted octanol–water partition coefficient (Wildman–Crippen LogP) is 1.74. The Labute approximate surface area is 121 Å². The summed E-state index contributed by atoms with van der Waals surface area (Å²) in [5.74, 6) is -0.406. The van der Waals surface area contributed by atoms with E-state index in [4.69, 9.17) is 16.6 Å². The van der Waals surface area contributed by atoms with Crippen LogP contribution in [0.4, 0.5) is 0 Å². The highest BCUT2D eigenvalue weighted by Gasteiger charge is 2.30. The molecule has 0 aliphatic heterocycles. The number of amidine groups is 1. The zero-order chi connectivity index (χ0) is 12.6. The van der Waals surface area contributed by atoms with E-state index in [-0.39, 0.29) is 24.8 Å². The lowest BCUT2D eigenvalue weighted by molar-refractivity contribution is -0.143. The molecule has 0 saturated carbocycles. The quantitative estimate of drug-likeness (QED) is 0.378. The van der Waals surface area contributed by atoms with Gasteiger partial charge in [-0.05, 0) is 26.2 Å². The van der Waals surface area contributed by atoms with Crippen LogP contribution >= 0.6 is 24.8 Å². The van der Waals surface area contributed by atoms with Crippen LogP contribution in [0, 0.1) is 0 Å². The number of carbonyl (C=O) groups is 1. The third-order valence-corrected chi connectivity index (χ3v) is 2.43. The third kappa shape index (κ3) is 9.27. The number of halogens is 2. The molecule has 0 rings (SSSR count). The number of aliphatic carboxylic acids is 1. The van der Waals surface area contributed by atoms with E-state index in [0.29, 0.717) is 31.6 Å². The fourth-order valence-electron chi connectivity index (χ4n) is 1.16. The number of allylic oxidation sites excluding steroid dienone is 1. The number of carboxylic acids is 1. The molecular formula is C11H23Cl2N3O2. The van der Waals surface area contributed by atoms with Crippen LogP contribution in [0.25, 0.3) is 0 Å². The first-order valence-corrected chi connectivity index (χ1v) is 5.36. The molecule has 0 saturated heterocycles. The maximum absolute atomic E-state index is 10.9. The fraction of sp³-hybridized carbons (Fsp3) is 0.636. The number of hydrogen-bond acceptors (Lipinski definition) is 3. The molecule has 0 radical (unpaired) electrons. The van der Waals surface area contributed by atoms with Crippen molar-refractivity contribution < 1.29 is 9.90 Å². The second-order valence-corrected chi connectivity index (χ2v) is 3.81. The molecule has 0 fully saturated rings. The van der Waals surface area contributed by atoms with Gasteiger partial charge in [0.2, 0.25) is 0 Å². The van der Waals surface area contributed by atoms with Crippen molar-refractivity contribution in [3.8, 4) is 0 Å². The molecule has 0 spiro atoms. The van der Waals surface area contributed by atoms with E-state index in [1.54, 1.807) is 13.8 Å². The number of nitrogens with zero attached hydrogens (tertiary/aromatic N) is 1. The van der Waals surface area contributed by atoms with Crippen LogP contribution in [0.15, 0.2) is 17.1 Å². The smallest absolute Gasteiger partial charge is 0.323 e. The van der Waals surface area contributed by atoms with Crippen LogP contribution in [0.2, 0.25) is 0 Å². The molecule has 0 bridgehead atoms. The summed E-state index contributed by atoms with van der Waals surface area (Å²) in [6, 6.07) is 0. The monoisotopic (exact) mass is 299 g/mol. The van der Waals surface area contributed by atoms with Crippen LogP contribution in [0.3, 0.4) is 0 Å². The van der Waals surface area contributed by atoms with E-state index in [1.165, 1.54) is 0 Å². The Balaban J connectivity index is -0.00000112. The van der Waals surface area contributed by atoms with Gasteiger partial charge in [0.1, 0.15) is 5.54 Å². The maximum atomic E-state index is 10.9. The van der Waals surface area contributed by atoms with E-state index >= 15 is 0 Å². The summed E-state index contributed by atoms with van der Waals surface area (Å²) in [5.41, 5.74) is 9.96. The summed E-state index contributed by atoms with van der Waals surface area (Å²) in [4.78, 5) is 14.8. The van der Waals surface area contributed by atoms with E-state index in [2.05, 4.69) is 4.99 Å². The van der Waals surface area contributed by atoms with Gasteiger partial charge < -0.3 is 16.6 Å². The van der Waals surface area contributed by atoms with E-state index < -0.39 is 11.5 Å². The lowest BCUT2D eigenvalue weighted by Crippen LogP contribution is -2.47. The first-order chi connectivity index (χ1) is 7.42. The molecule has 0 aromatic heterocycles. The highest BCUT2D eigenvalue weighted by atomic mass is 35.5. The number of rotatable bonds is 7. The van der Waals surface area contributed by atoms with E-state index in [0.717, 1.165) is 0 Å². The number of carboxylic acid groups (broad SMARTS) is 1. The number of hydrogen-bond donors (Lipinski definition) is 3. The minimum Gasteiger partial charge on any atom is -0.480 e. The molecule has 108 valence electrons. The molecule has 0 aromatic carbocycles. The summed E-state index contributed by atoms with van der Waals surface area (Å²) >= 11 is 0. The molecule has 5 N–H and O–H groups in total. The van der Waals surface area contributed by atoms with Gasteiger partial charge in [0, 0.05) is 0 Å². The molecule has 0 heterocycles. The van der Waals surface area contributed by atoms with Crippen molar-refractivity contribution in [1.82, 2.24) is 0 Å². The highest BCUT2D eigenvalue weighted by Crippen LogP contribution is 2.14. The van der Waals surface area contributed by atoms with Crippen molar-refractivity contribution in [1.29, 1.82) is 0 Å². The van der Waals surface area contributed by atoms with Gasteiger partial charge in [-0.15, -0.1) is 24.8 Å². The molecule has 1 atom stereocenters. The van der Waals surface area contributed by atoms with Gasteiger partial charge in [-0.3, -0.25) is 9.79 Å². The first kappa shape index (κ1) is 22.4. The Morgan fingerprint density at radius 1 is 1.39 bits per heavy atom. The average molecular weight is 300 g/mol. The SMILES string of the molecule is CC[C@@](N)(CC/C=C\CN=C(C)N)C(=O)O.Cl.Cl. The van der Waals surface area contributed by atoms with Crippen LogP contribution in [0.1, 0.15) is 33.1 Å². The summed E-state index contributed by atoms with van der Waals surface area (Å²) < 4.78 is 0. The Morgan fingerprint density at radius 3 is 2.33 bits per heavy atom. The van der Waals surface area contributed by atoms with Crippen LogP contribution in [0.5, 0.6) is 0 Å². The topological polar surface area (TPSA) is 102 Å². The molecule has 0 aliphatic rings. The van der Waals surface area contributed by atoms with Crippen LogP contribution in [-0.4, -0.2) is 29.0 Å². The minimum absolute atomic E-state index is 0. The normalized spacial score (nSPS) is 14.5. The van der Waals surface area contributed by atoms with Crippen molar-refractivity contribution in [3.63, 3.8) is 0 Å². The largest absolute Gasteiger partial charge is 0.480 e. The zero-order valence-corrected chi connectivity index (χ0v) is 12.4. The number of nitrogens with two attached hydrogens (primary N) is 2. The standard InChI is InChI=1S/C11H21N3O2.2ClH/c1-3-11(13,10(15)16)7-5-4-6-8-14-9(2)12;;/h4,6H,3,5,7-8,13H2,1-2H3,(H2,12,14)(H,15,16);2*1H/b6-4-;;/t11-;;/m1../s1. The average Bonchev–Trinajstić information content (AvgIpc) is 2.22. The lowest BCUT2D eigenvalue weighted by Gasteiger charge is -2.21. The maximum Gasteiger partial charge on any atom is 0.323 e. The molecule has 0 amide bonds. The van der Waals surface area contributed by atoms with Crippen molar-refractivity contribution in [2.45, 2.75) is 38.6 Å². The van der Waals surface area contributed by atoms with Crippen LogP contribution in [-0.2, 0) is 4.79 Å². The Bertz CT molecular complexity index is 292. The molecule has 0 aliphatic carbocycles. The Kier molecular flexibility index (Phi) is 14.1. The minimum atomic E-state index is -1.11. The van der Waals surface area contributed by atoms with E-state index in [9.17, 15) is 4.79 Å². The van der Waals surface area contributed by atoms with Crippen molar-refractivity contribution in [3.05, 3.63) is 12.2 Å². The number of aliphatic imine (C=N–C) groups is 1. The van der Waals surface area contributed by atoms with Gasteiger partial charge in [0.15, 0.2) is 0 Å². The van der Waals surface area contributed by atoms with Crippen molar-refractivity contribution in [2.24, 2.45) is 16.5 Å². The van der Waals surface area contributed by atoms with Crippen LogP contribution < -0.4 is 11.5 Å². The molecular weight excluding hydrogens is 277 g/mol. The summed E-state index contributed by atoms with van der Waals surface area (Å²) in [6.07, 6.45) is 5.23. The highest BCUT2D eigenvalue weighted by molar-refractivity contribution is 5.85. The molecule has 5 nitrogen and oxygen atoms in total. The van der Waals surface area contributed by atoms with Gasteiger partial charge in [0.05, 0.1) is 12.4 Å². The summed E-state index contributed by atoms with van der Waals surface area (Å²) in [5, 5.41) is 8.92. The van der Waals surface area contributed by atoms with Gasteiger partial charge in [-0.1, -0.05) is 19.1 Å². The molecule has 0 unspecified atom stereocenters. The van der Waals surface area contributed by atoms with Gasteiger partial charge in [-0.2, -0.15) is 0 Å². The third-order valence-electron chi connectivity index (χ3n) is 2.43. The Hall–Kier alpha value is -0.780. The van der Waals surface area contributed by atoms with Gasteiger partial charge in [0.25, 0.3) is 0 Å². The first-order valence-electron chi connectivity index (χ1n) is 5.36. The van der Waals surface area contributed by atoms with E-state index in [1.807, 2.05) is 12.2 Å². The second kappa shape index (κ2) is 11.3. The second-order valence-electron chi connectivity index (χ2n) is 3.81. The fourth-order valence-corrected chi connectivity index (χ4v) is 1.16. The molecule has 0 aromatic rings. The summed E-state index contributed by atoms with van der Waals surface area (Å²) in [6.45, 7) is 4.03. The lowest BCUT2D eigenvalue weighted by atomic mass is 9.92. The molecule has 7 heteroatoms. The molecule has 18 heavy (non-hydrogen) atoms. The predicted molar refractivity (Wildman–Crippen MR) is 79.9 cm³/mol.